The van der Waals surface area contributed by atoms with Crippen LogP contribution in [0.2, 0.25) is 0 Å². The van der Waals surface area contributed by atoms with Gasteiger partial charge >= 0.3 is 0 Å². The summed E-state index contributed by atoms with van der Waals surface area (Å²) in [5.41, 5.74) is 3.14. The van der Waals surface area contributed by atoms with Crippen molar-refractivity contribution < 1.29 is 14.3 Å². The minimum Gasteiger partial charge on any atom is -0.454 e. The number of carbonyl (C=O) groups excluding carboxylic acids is 1. The molecule has 1 atom stereocenters. The van der Waals surface area contributed by atoms with Crippen molar-refractivity contribution in [1.82, 2.24) is 0 Å². The summed E-state index contributed by atoms with van der Waals surface area (Å²) in [6, 6.07) is 18.3. The van der Waals surface area contributed by atoms with Crippen LogP contribution in [-0.2, 0) is 4.79 Å². The highest BCUT2D eigenvalue weighted by Crippen LogP contribution is 2.43. The normalized spacial score (nSPS) is 18.3. The summed E-state index contributed by atoms with van der Waals surface area (Å²) in [6.45, 7) is 0.255. The molecule has 3 aromatic carbocycles. The summed E-state index contributed by atoms with van der Waals surface area (Å²) in [5, 5.41) is 5.27. The van der Waals surface area contributed by atoms with Crippen molar-refractivity contribution in [3.05, 3.63) is 65.7 Å². The number of ether oxygens (including phenoxy) is 2. The van der Waals surface area contributed by atoms with Gasteiger partial charge in [-0.2, -0.15) is 0 Å². The Morgan fingerprint density at radius 2 is 1.83 bits per heavy atom. The number of hydrogen-bond acceptors (Lipinski definition) is 3. The highest BCUT2D eigenvalue weighted by molar-refractivity contribution is 6.06. The molecule has 1 amide bonds. The average Bonchev–Trinajstić information content (AvgIpc) is 3.08. The fourth-order valence-corrected chi connectivity index (χ4v) is 3.63. The summed E-state index contributed by atoms with van der Waals surface area (Å²) in [7, 11) is 0. The highest BCUT2D eigenvalue weighted by atomic mass is 16.7. The van der Waals surface area contributed by atoms with Gasteiger partial charge in [-0.05, 0) is 28.6 Å². The maximum absolute atomic E-state index is 12.3. The third-order valence-corrected chi connectivity index (χ3v) is 4.79. The summed E-state index contributed by atoms with van der Waals surface area (Å²) >= 11 is 0. The van der Waals surface area contributed by atoms with Crippen molar-refractivity contribution in [1.29, 1.82) is 0 Å². The first-order chi connectivity index (χ1) is 11.8. The van der Waals surface area contributed by atoms with Crippen LogP contribution in [0.1, 0.15) is 23.5 Å². The zero-order valence-corrected chi connectivity index (χ0v) is 12.9. The molecule has 0 spiro atoms. The Morgan fingerprint density at radius 3 is 2.79 bits per heavy atom. The standard InChI is InChI=1S/C20H15NO3/c22-19-10-16(13-6-8-17-18(9-13)24-11-23-17)15-7-5-12-3-1-2-4-14(12)20(15)21-19/h1-9,16H,10-11H2,(H,21,22)/t16-/m1/s1. The fraction of sp³-hybridized carbons (Fsp3) is 0.150. The second-order valence-electron chi connectivity index (χ2n) is 6.17. The molecule has 0 saturated heterocycles. The third kappa shape index (κ3) is 1.96. The maximum atomic E-state index is 12.3. The van der Waals surface area contributed by atoms with E-state index >= 15 is 0 Å². The van der Waals surface area contributed by atoms with Gasteiger partial charge in [0.2, 0.25) is 12.7 Å². The predicted molar refractivity (Wildman–Crippen MR) is 91.6 cm³/mol. The lowest BCUT2D eigenvalue weighted by Gasteiger charge is -2.27. The van der Waals surface area contributed by atoms with Crippen LogP contribution in [0.3, 0.4) is 0 Å². The minimum absolute atomic E-state index is 0.0212. The van der Waals surface area contributed by atoms with E-state index in [9.17, 15) is 4.79 Å². The first-order valence-corrected chi connectivity index (χ1v) is 8.00. The molecule has 2 aliphatic rings. The third-order valence-electron chi connectivity index (χ3n) is 4.79. The predicted octanol–water partition coefficient (Wildman–Crippen LogP) is 4.04. The van der Waals surface area contributed by atoms with E-state index < -0.39 is 0 Å². The Balaban J connectivity index is 1.69. The molecule has 118 valence electrons. The molecule has 0 saturated carbocycles. The average molecular weight is 317 g/mol. The zero-order valence-electron chi connectivity index (χ0n) is 12.9. The Labute approximate surface area is 139 Å². The highest BCUT2D eigenvalue weighted by Gasteiger charge is 2.29. The zero-order chi connectivity index (χ0) is 16.1. The van der Waals surface area contributed by atoms with Crippen LogP contribution in [-0.4, -0.2) is 12.7 Å². The van der Waals surface area contributed by atoms with Crippen molar-refractivity contribution in [3.8, 4) is 11.5 Å². The quantitative estimate of drug-likeness (QED) is 0.737. The van der Waals surface area contributed by atoms with Crippen LogP contribution in [0.15, 0.2) is 54.6 Å². The molecule has 2 aliphatic heterocycles. The van der Waals surface area contributed by atoms with Gasteiger partial charge in [-0.3, -0.25) is 4.79 Å². The van der Waals surface area contributed by atoms with Gasteiger partial charge < -0.3 is 14.8 Å². The summed E-state index contributed by atoms with van der Waals surface area (Å²) in [4.78, 5) is 12.3. The summed E-state index contributed by atoms with van der Waals surface area (Å²) in [6.07, 6.45) is 0.436. The summed E-state index contributed by atoms with van der Waals surface area (Å²) in [5.74, 6) is 1.58. The van der Waals surface area contributed by atoms with E-state index in [1.165, 1.54) is 0 Å². The molecule has 0 aliphatic carbocycles. The molecule has 0 unspecified atom stereocenters. The van der Waals surface area contributed by atoms with Gasteiger partial charge in [0, 0.05) is 17.7 Å². The van der Waals surface area contributed by atoms with Gasteiger partial charge in [0.1, 0.15) is 0 Å². The van der Waals surface area contributed by atoms with Gasteiger partial charge in [-0.25, -0.2) is 0 Å². The Kier molecular flexibility index (Phi) is 2.80. The van der Waals surface area contributed by atoms with Gasteiger partial charge in [-0.1, -0.05) is 42.5 Å². The van der Waals surface area contributed by atoms with Crippen molar-refractivity contribution in [2.24, 2.45) is 0 Å². The first-order valence-electron chi connectivity index (χ1n) is 8.00. The van der Waals surface area contributed by atoms with E-state index in [1.807, 2.05) is 30.3 Å². The van der Waals surface area contributed by atoms with Crippen LogP contribution >= 0.6 is 0 Å². The largest absolute Gasteiger partial charge is 0.454 e. The van der Waals surface area contributed by atoms with Crippen molar-refractivity contribution in [2.75, 3.05) is 12.1 Å². The van der Waals surface area contributed by atoms with Gasteiger partial charge in [0.15, 0.2) is 11.5 Å². The Morgan fingerprint density at radius 1 is 0.958 bits per heavy atom. The molecular weight excluding hydrogens is 302 g/mol. The summed E-state index contributed by atoms with van der Waals surface area (Å²) < 4.78 is 10.9. The number of nitrogens with one attached hydrogen (secondary N) is 1. The molecule has 3 aromatic rings. The number of anilines is 1. The molecule has 0 bridgehead atoms. The molecule has 0 radical (unpaired) electrons. The number of hydrogen-bond donors (Lipinski definition) is 1. The molecule has 5 rings (SSSR count). The molecule has 0 fully saturated rings. The van der Waals surface area contributed by atoms with E-state index in [0.717, 1.165) is 39.1 Å². The van der Waals surface area contributed by atoms with Gasteiger partial charge in [0.25, 0.3) is 0 Å². The first kappa shape index (κ1) is 13.4. The second-order valence-corrected chi connectivity index (χ2v) is 6.17. The lowest BCUT2D eigenvalue weighted by molar-refractivity contribution is -0.116. The number of rotatable bonds is 1. The van der Waals surface area contributed by atoms with Crippen LogP contribution in [0.25, 0.3) is 10.8 Å². The monoisotopic (exact) mass is 317 g/mol. The van der Waals surface area contributed by atoms with Crippen molar-refractivity contribution in [3.63, 3.8) is 0 Å². The number of carbonyl (C=O) groups is 1. The molecule has 4 nitrogen and oxygen atoms in total. The molecule has 4 heteroatoms. The minimum atomic E-state index is 0.0212. The molecule has 0 aromatic heterocycles. The van der Waals surface area contributed by atoms with Crippen molar-refractivity contribution in [2.45, 2.75) is 12.3 Å². The van der Waals surface area contributed by atoms with E-state index in [4.69, 9.17) is 9.47 Å². The maximum Gasteiger partial charge on any atom is 0.231 e. The van der Waals surface area contributed by atoms with Crippen molar-refractivity contribution >= 4 is 22.4 Å². The SMILES string of the molecule is O=C1C[C@H](c2ccc3c(c2)OCO3)c2ccc3ccccc3c2N1. The molecular formula is C20H15NO3. The van der Waals surface area contributed by atoms with Crippen LogP contribution in [0.5, 0.6) is 11.5 Å². The second kappa shape index (κ2) is 4.99. The molecule has 2 heterocycles. The van der Waals surface area contributed by atoms with E-state index in [1.54, 1.807) is 0 Å². The number of benzene rings is 3. The fourth-order valence-electron chi connectivity index (χ4n) is 3.63. The van der Waals surface area contributed by atoms with E-state index in [2.05, 4.69) is 29.6 Å². The Bertz CT molecular complexity index is 980. The number of amides is 1. The lowest BCUT2D eigenvalue weighted by Crippen LogP contribution is -2.23. The smallest absolute Gasteiger partial charge is 0.231 e. The molecule has 1 N–H and O–H groups in total. The van der Waals surface area contributed by atoms with Crippen LogP contribution in [0, 0.1) is 0 Å². The van der Waals surface area contributed by atoms with Gasteiger partial charge in [-0.15, -0.1) is 0 Å². The number of fused-ring (bicyclic) bond motifs is 4. The van der Waals surface area contributed by atoms with E-state index in [-0.39, 0.29) is 18.6 Å². The molecule has 24 heavy (non-hydrogen) atoms. The lowest BCUT2D eigenvalue weighted by atomic mass is 9.83. The van der Waals surface area contributed by atoms with E-state index in [0.29, 0.717) is 6.42 Å². The van der Waals surface area contributed by atoms with Gasteiger partial charge in [0.05, 0.1) is 5.69 Å². The topological polar surface area (TPSA) is 47.6 Å². The Hall–Kier alpha value is -3.01. The van der Waals surface area contributed by atoms with Crippen LogP contribution in [0.4, 0.5) is 5.69 Å². The van der Waals surface area contributed by atoms with Crippen LogP contribution < -0.4 is 14.8 Å².